The van der Waals surface area contributed by atoms with Crippen LogP contribution in [0.3, 0.4) is 0 Å². The van der Waals surface area contributed by atoms with Gasteiger partial charge in [0.15, 0.2) is 0 Å². The maximum Gasteiger partial charge on any atom is 0.416 e. The molecule has 4 rings (SSSR count). The molecule has 2 atom stereocenters. The zero-order valence-corrected chi connectivity index (χ0v) is 18.5. The van der Waals surface area contributed by atoms with E-state index in [1.54, 1.807) is 0 Å². The van der Waals surface area contributed by atoms with Crippen molar-refractivity contribution in [3.05, 3.63) is 58.8 Å². The molecule has 0 aromatic heterocycles. The highest BCUT2D eigenvalue weighted by Gasteiger charge is 2.34. The summed E-state index contributed by atoms with van der Waals surface area (Å²) in [5.74, 6) is -0.435. The van der Waals surface area contributed by atoms with Crippen LogP contribution in [0.2, 0.25) is 0 Å². The Morgan fingerprint density at radius 1 is 1.22 bits per heavy atom. The molecule has 0 heterocycles. The van der Waals surface area contributed by atoms with Gasteiger partial charge in [-0.1, -0.05) is 24.3 Å². The summed E-state index contributed by atoms with van der Waals surface area (Å²) < 4.78 is 66.0. The number of rotatable bonds is 10. The summed E-state index contributed by atoms with van der Waals surface area (Å²) >= 11 is 0. The van der Waals surface area contributed by atoms with Crippen molar-refractivity contribution in [3.63, 3.8) is 0 Å². The molecular formula is C23H28F3NO4S. The van der Waals surface area contributed by atoms with E-state index in [1.165, 1.54) is 12.1 Å². The minimum absolute atomic E-state index is 0.129. The van der Waals surface area contributed by atoms with Gasteiger partial charge >= 0.3 is 12.1 Å². The summed E-state index contributed by atoms with van der Waals surface area (Å²) in [5.41, 5.74) is 1.63. The van der Waals surface area contributed by atoms with Crippen LogP contribution in [-0.4, -0.2) is 25.2 Å². The number of aliphatic carboxylic acids is 1. The molecule has 32 heavy (non-hydrogen) atoms. The highest BCUT2D eigenvalue weighted by molar-refractivity contribution is 7.89. The number of alkyl halides is 3. The number of carbonyl (C=O) groups is 1. The summed E-state index contributed by atoms with van der Waals surface area (Å²) in [6.45, 7) is 0. The number of hydrogen-bond acceptors (Lipinski definition) is 3. The Labute approximate surface area is 186 Å². The average Bonchev–Trinajstić information content (AvgIpc) is 2.72. The van der Waals surface area contributed by atoms with E-state index in [4.69, 9.17) is 5.11 Å². The molecule has 3 aliphatic carbocycles. The van der Waals surface area contributed by atoms with Crippen molar-refractivity contribution >= 4 is 16.0 Å². The van der Waals surface area contributed by atoms with Gasteiger partial charge in [-0.2, -0.15) is 13.2 Å². The number of carboxylic acid groups (broad SMARTS) is 1. The van der Waals surface area contributed by atoms with Crippen molar-refractivity contribution in [1.82, 2.24) is 4.72 Å². The number of aryl methyl sites for hydroxylation is 1. The lowest BCUT2D eigenvalue weighted by Crippen LogP contribution is -2.35. The highest BCUT2D eigenvalue weighted by Crippen LogP contribution is 2.44. The van der Waals surface area contributed by atoms with Crippen LogP contribution < -0.4 is 4.72 Å². The van der Waals surface area contributed by atoms with Gasteiger partial charge in [0.2, 0.25) is 10.0 Å². The van der Waals surface area contributed by atoms with Gasteiger partial charge in [-0.05, 0) is 80.1 Å². The molecule has 0 radical (unpaired) electrons. The maximum atomic E-state index is 12.7. The van der Waals surface area contributed by atoms with Crippen molar-refractivity contribution in [2.75, 3.05) is 5.75 Å². The number of sulfonamides is 1. The van der Waals surface area contributed by atoms with Crippen LogP contribution in [0.5, 0.6) is 0 Å². The molecule has 1 aromatic carbocycles. The average molecular weight is 472 g/mol. The predicted octanol–water partition coefficient (Wildman–Crippen LogP) is 5.05. The summed E-state index contributed by atoms with van der Waals surface area (Å²) in [6.07, 6.45) is 4.69. The van der Waals surface area contributed by atoms with E-state index in [0.29, 0.717) is 30.7 Å². The van der Waals surface area contributed by atoms with E-state index in [-0.39, 0.29) is 24.5 Å². The number of allylic oxidation sites excluding steroid dienone is 4. The molecule has 1 saturated carbocycles. The van der Waals surface area contributed by atoms with Gasteiger partial charge < -0.3 is 5.11 Å². The van der Waals surface area contributed by atoms with Crippen molar-refractivity contribution in [2.24, 2.45) is 11.8 Å². The fourth-order valence-corrected chi connectivity index (χ4v) is 5.63. The summed E-state index contributed by atoms with van der Waals surface area (Å²) in [5, 5.41) is 8.71. The molecule has 2 unspecified atom stereocenters. The molecule has 176 valence electrons. The van der Waals surface area contributed by atoms with Gasteiger partial charge in [0, 0.05) is 12.1 Å². The Morgan fingerprint density at radius 3 is 2.56 bits per heavy atom. The Kier molecular flexibility index (Phi) is 7.69. The summed E-state index contributed by atoms with van der Waals surface area (Å²) in [4.78, 5) is 10.6. The Morgan fingerprint density at radius 2 is 1.94 bits per heavy atom. The van der Waals surface area contributed by atoms with Gasteiger partial charge in [-0.3, -0.25) is 9.52 Å². The largest absolute Gasteiger partial charge is 0.481 e. The molecule has 3 aliphatic rings. The first-order chi connectivity index (χ1) is 15.0. The van der Waals surface area contributed by atoms with Crippen LogP contribution in [0.15, 0.2) is 47.7 Å². The topological polar surface area (TPSA) is 83.5 Å². The van der Waals surface area contributed by atoms with E-state index in [2.05, 4.69) is 10.8 Å². The standard InChI is InChI=1S/C23H28F3NO4S/c24-23(25,26)19-9-6-16(7-10-19)12-13-32(30,31)27-21-15-17-8-11-20(21)18(14-17)4-2-1-3-5-22(28)29/h2,4,6-7,9-10,17-18,27H,1,3,5,8,11-15H2,(H,28,29). The molecular weight excluding hydrogens is 443 g/mol. The van der Waals surface area contributed by atoms with E-state index in [9.17, 15) is 26.4 Å². The van der Waals surface area contributed by atoms with Crippen LogP contribution in [0.4, 0.5) is 13.2 Å². The number of unbranched alkanes of at least 4 members (excludes halogenated alkanes) is 1. The zero-order chi connectivity index (χ0) is 23.4. The number of halogens is 3. The number of carboxylic acids is 1. The third-order valence-corrected chi connectivity index (χ3v) is 7.39. The first-order valence-electron chi connectivity index (χ1n) is 10.8. The lowest BCUT2D eigenvalue weighted by molar-refractivity contribution is -0.138. The fraction of sp³-hybridized carbons (Fsp3) is 0.522. The maximum absolute atomic E-state index is 12.7. The molecule has 1 fully saturated rings. The number of nitrogens with one attached hydrogen (secondary N) is 1. The van der Waals surface area contributed by atoms with Crippen molar-refractivity contribution in [3.8, 4) is 0 Å². The number of hydrogen-bond donors (Lipinski definition) is 2. The molecule has 2 N–H and O–H groups in total. The molecule has 0 saturated heterocycles. The normalized spacial score (nSPS) is 21.3. The molecule has 0 aliphatic heterocycles. The van der Waals surface area contributed by atoms with Crippen molar-refractivity contribution in [1.29, 1.82) is 0 Å². The monoisotopic (exact) mass is 471 g/mol. The van der Waals surface area contributed by atoms with Gasteiger partial charge in [0.25, 0.3) is 0 Å². The van der Waals surface area contributed by atoms with Crippen LogP contribution in [0.1, 0.15) is 56.1 Å². The van der Waals surface area contributed by atoms with E-state index in [1.807, 2.05) is 6.08 Å². The van der Waals surface area contributed by atoms with Gasteiger partial charge in [0.05, 0.1) is 11.3 Å². The smallest absolute Gasteiger partial charge is 0.416 e. The second-order valence-corrected chi connectivity index (χ2v) is 10.4. The SMILES string of the molecule is O=C(O)CCCC=CC1CC2CCC1=C(NS(=O)(=O)CCc1ccc(C(F)(F)F)cc1)C2. The molecule has 0 spiro atoms. The van der Waals surface area contributed by atoms with Gasteiger partial charge in [-0.25, -0.2) is 8.42 Å². The highest BCUT2D eigenvalue weighted by atomic mass is 32.2. The molecule has 2 bridgehead atoms. The van der Waals surface area contributed by atoms with Crippen molar-refractivity contribution < 1.29 is 31.5 Å². The molecule has 9 heteroatoms. The summed E-state index contributed by atoms with van der Waals surface area (Å²) in [7, 11) is -3.62. The van der Waals surface area contributed by atoms with Crippen LogP contribution in [0, 0.1) is 11.8 Å². The minimum atomic E-state index is -4.42. The van der Waals surface area contributed by atoms with E-state index >= 15 is 0 Å². The third kappa shape index (κ3) is 6.85. The first kappa shape index (κ1) is 24.4. The Balaban J connectivity index is 1.59. The minimum Gasteiger partial charge on any atom is -0.481 e. The van der Waals surface area contributed by atoms with Gasteiger partial charge in [0.1, 0.15) is 0 Å². The van der Waals surface area contributed by atoms with Crippen LogP contribution in [-0.2, 0) is 27.4 Å². The lowest BCUT2D eigenvalue weighted by atomic mass is 9.69. The molecule has 0 amide bonds. The van der Waals surface area contributed by atoms with E-state index < -0.39 is 27.7 Å². The Bertz CT molecular complexity index is 981. The Hall–Kier alpha value is -2.29. The number of benzene rings is 1. The molecule has 5 nitrogen and oxygen atoms in total. The van der Waals surface area contributed by atoms with Crippen molar-refractivity contribution in [2.45, 2.75) is 57.5 Å². The second kappa shape index (κ2) is 10.1. The quantitative estimate of drug-likeness (QED) is 0.369. The first-order valence-corrected chi connectivity index (χ1v) is 12.5. The van der Waals surface area contributed by atoms with Gasteiger partial charge in [-0.15, -0.1) is 0 Å². The predicted molar refractivity (Wildman–Crippen MR) is 115 cm³/mol. The van der Waals surface area contributed by atoms with E-state index in [0.717, 1.165) is 42.7 Å². The summed E-state index contributed by atoms with van der Waals surface area (Å²) in [6, 6.07) is 4.56. The molecule has 1 aromatic rings. The lowest BCUT2D eigenvalue weighted by Gasteiger charge is -2.38. The van der Waals surface area contributed by atoms with Crippen LogP contribution >= 0.6 is 0 Å². The second-order valence-electron chi connectivity index (χ2n) is 8.53. The fourth-order valence-electron chi connectivity index (χ4n) is 4.43. The zero-order valence-electron chi connectivity index (χ0n) is 17.7. The number of fused-ring (bicyclic) bond motifs is 3. The third-order valence-electron chi connectivity index (χ3n) is 6.09. The van der Waals surface area contributed by atoms with Crippen LogP contribution in [0.25, 0.3) is 0 Å².